The van der Waals surface area contributed by atoms with E-state index in [0.29, 0.717) is 0 Å². The highest BCUT2D eigenvalue weighted by molar-refractivity contribution is 7.22. The first-order valence-electron chi connectivity index (χ1n) is 9.55. The van der Waals surface area contributed by atoms with Crippen molar-refractivity contribution in [2.45, 2.75) is 26.2 Å². The Morgan fingerprint density at radius 3 is 2.50 bits per heavy atom. The van der Waals surface area contributed by atoms with Crippen LogP contribution >= 0.6 is 11.3 Å². The summed E-state index contributed by atoms with van der Waals surface area (Å²) in [5.74, 6) is 0.999. The highest BCUT2D eigenvalue weighted by Gasteiger charge is 2.22. The molecule has 0 atom stereocenters. The number of thiazole rings is 1. The fourth-order valence-electron chi connectivity index (χ4n) is 3.43. The number of imidazole rings is 1. The van der Waals surface area contributed by atoms with Crippen molar-refractivity contribution >= 4 is 38.2 Å². The Morgan fingerprint density at radius 1 is 0.964 bits per heavy atom. The van der Waals surface area contributed by atoms with Crippen LogP contribution in [0.5, 0.6) is 0 Å². The Kier molecular flexibility index (Phi) is 3.97. The standard InChI is InChI=1S/C20H23N7S/c1-20(2,3)16-13-27-17(23-16)4-5-18(24-27)25-8-10-26(11-9-25)19-22-14-12-21-7-6-15(14)28-19/h4-7,12-13H,8-11H2,1-3H3. The Labute approximate surface area is 167 Å². The van der Waals surface area contributed by atoms with Gasteiger partial charge in [0.1, 0.15) is 11.3 Å². The zero-order valence-corrected chi connectivity index (χ0v) is 17.1. The van der Waals surface area contributed by atoms with E-state index in [0.717, 1.165) is 54.0 Å². The van der Waals surface area contributed by atoms with Crippen LogP contribution in [0.4, 0.5) is 10.9 Å². The lowest BCUT2D eigenvalue weighted by atomic mass is 9.93. The smallest absolute Gasteiger partial charge is 0.186 e. The summed E-state index contributed by atoms with van der Waals surface area (Å²) in [6.45, 7) is 10.2. The zero-order valence-electron chi connectivity index (χ0n) is 16.3. The second kappa shape index (κ2) is 6.41. The SMILES string of the molecule is CC(C)(C)c1cn2nc(N3CCN(c4nc5cnccc5s4)CC3)ccc2n1. The third-order valence-electron chi connectivity index (χ3n) is 5.13. The summed E-state index contributed by atoms with van der Waals surface area (Å²) in [5.41, 5.74) is 2.96. The third kappa shape index (κ3) is 3.07. The highest BCUT2D eigenvalue weighted by atomic mass is 32.1. The minimum absolute atomic E-state index is 0.0201. The predicted octanol–water partition coefficient (Wildman–Crippen LogP) is 3.36. The summed E-state index contributed by atoms with van der Waals surface area (Å²) >= 11 is 1.74. The number of nitrogens with zero attached hydrogens (tertiary/aromatic N) is 7. The first-order valence-corrected chi connectivity index (χ1v) is 10.4. The van der Waals surface area contributed by atoms with Crippen molar-refractivity contribution in [1.29, 1.82) is 0 Å². The van der Waals surface area contributed by atoms with Crippen molar-refractivity contribution < 1.29 is 0 Å². The van der Waals surface area contributed by atoms with Crippen LogP contribution in [0.25, 0.3) is 15.9 Å². The van der Waals surface area contributed by atoms with Crippen molar-refractivity contribution in [1.82, 2.24) is 24.6 Å². The molecule has 0 radical (unpaired) electrons. The van der Waals surface area contributed by atoms with Crippen LogP contribution in [0.3, 0.4) is 0 Å². The summed E-state index contributed by atoms with van der Waals surface area (Å²) in [6, 6.07) is 6.17. The van der Waals surface area contributed by atoms with Crippen molar-refractivity contribution in [3.8, 4) is 0 Å². The molecule has 8 heteroatoms. The molecule has 1 fully saturated rings. The molecule has 144 valence electrons. The van der Waals surface area contributed by atoms with Crippen LogP contribution in [0, 0.1) is 0 Å². The van der Waals surface area contributed by atoms with Crippen molar-refractivity contribution in [3.63, 3.8) is 0 Å². The van der Waals surface area contributed by atoms with Gasteiger partial charge in [0.25, 0.3) is 0 Å². The van der Waals surface area contributed by atoms with E-state index in [4.69, 9.17) is 15.1 Å². The largest absolute Gasteiger partial charge is 0.352 e. The molecule has 4 aromatic heterocycles. The summed E-state index contributed by atoms with van der Waals surface area (Å²) in [6.07, 6.45) is 5.71. The van der Waals surface area contributed by atoms with E-state index < -0.39 is 0 Å². The predicted molar refractivity (Wildman–Crippen MR) is 114 cm³/mol. The second-order valence-corrected chi connectivity index (χ2v) is 9.19. The van der Waals surface area contributed by atoms with E-state index in [-0.39, 0.29) is 5.41 Å². The average molecular weight is 394 g/mol. The lowest BCUT2D eigenvalue weighted by Gasteiger charge is -2.35. The highest BCUT2D eigenvalue weighted by Crippen LogP contribution is 2.29. The molecule has 0 spiro atoms. The Hall–Kier alpha value is -2.74. The van der Waals surface area contributed by atoms with Crippen molar-refractivity contribution in [2.75, 3.05) is 36.0 Å². The molecule has 5 heterocycles. The molecular weight excluding hydrogens is 370 g/mol. The van der Waals surface area contributed by atoms with Crippen molar-refractivity contribution in [3.05, 3.63) is 42.5 Å². The molecule has 0 unspecified atom stereocenters. The molecule has 0 saturated carbocycles. The summed E-state index contributed by atoms with van der Waals surface area (Å²) in [4.78, 5) is 18.3. The van der Waals surface area contributed by atoms with Gasteiger partial charge in [0.15, 0.2) is 10.8 Å². The molecule has 7 nitrogen and oxygen atoms in total. The van der Waals surface area contributed by atoms with Gasteiger partial charge in [-0.3, -0.25) is 4.98 Å². The quantitative estimate of drug-likeness (QED) is 0.520. The van der Waals surface area contributed by atoms with Gasteiger partial charge in [-0.15, -0.1) is 5.10 Å². The Balaban J connectivity index is 1.33. The molecule has 0 N–H and O–H groups in total. The number of pyridine rings is 1. The number of fused-ring (bicyclic) bond motifs is 2. The summed E-state index contributed by atoms with van der Waals surface area (Å²) in [7, 11) is 0. The van der Waals surface area contributed by atoms with Crippen molar-refractivity contribution in [2.24, 2.45) is 0 Å². The molecule has 1 saturated heterocycles. The van der Waals surface area contributed by atoms with Crippen LogP contribution in [0.15, 0.2) is 36.8 Å². The van der Waals surface area contributed by atoms with Crippen LogP contribution in [0.1, 0.15) is 26.5 Å². The molecule has 28 heavy (non-hydrogen) atoms. The molecule has 0 amide bonds. The number of hydrogen-bond acceptors (Lipinski definition) is 7. The molecule has 4 aromatic rings. The Bertz CT molecular complexity index is 1100. The summed E-state index contributed by atoms with van der Waals surface area (Å²) in [5, 5.41) is 5.89. The molecule has 0 bridgehead atoms. The average Bonchev–Trinajstić information content (AvgIpc) is 3.31. The second-order valence-electron chi connectivity index (χ2n) is 8.18. The molecule has 1 aliphatic rings. The molecule has 5 rings (SSSR count). The maximum Gasteiger partial charge on any atom is 0.186 e. The lowest BCUT2D eigenvalue weighted by Crippen LogP contribution is -2.46. The number of aromatic nitrogens is 5. The van der Waals surface area contributed by atoms with E-state index in [1.165, 1.54) is 4.70 Å². The maximum absolute atomic E-state index is 4.81. The first kappa shape index (κ1) is 17.4. The normalized spacial score (nSPS) is 15.7. The third-order valence-corrected chi connectivity index (χ3v) is 6.22. The minimum Gasteiger partial charge on any atom is -0.352 e. The maximum atomic E-state index is 4.81. The molecule has 0 aromatic carbocycles. The number of hydrogen-bond donors (Lipinski definition) is 0. The number of piperazine rings is 1. The van der Waals surface area contributed by atoms with E-state index in [1.807, 2.05) is 29.2 Å². The minimum atomic E-state index is 0.0201. The molecule has 0 aliphatic carbocycles. The van der Waals surface area contributed by atoms with Crippen LogP contribution in [0.2, 0.25) is 0 Å². The molecular formula is C20H23N7S. The summed E-state index contributed by atoms with van der Waals surface area (Å²) < 4.78 is 3.09. The topological polar surface area (TPSA) is 62.5 Å². The van der Waals surface area contributed by atoms with Gasteiger partial charge in [0.2, 0.25) is 0 Å². The van der Waals surface area contributed by atoms with Gasteiger partial charge >= 0.3 is 0 Å². The van der Waals surface area contributed by atoms with Gasteiger partial charge in [0.05, 0.1) is 22.8 Å². The van der Waals surface area contributed by atoms with Crippen LogP contribution in [-0.2, 0) is 5.41 Å². The fraction of sp³-hybridized carbons (Fsp3) is 0.400. The zero-order chi connectivity index (χ0) is 19.3. The van der Waals surface area contributed by atoms with Gasteiger partial charge < -0.3 is 9.80 Å². The van der Waals surface area contributed by atoms with E-state index in [9.17, 15) is 0 Å². The van der Waals surface area contributed by atoms with E-state index >= 15 is 0 Å². The monoisotopic (exact) mass is 393 g/mol. The number of anilines is 2. The molecule has 1 aliphatic heterocycles. The lowest BCUT2D eigenvalue weighted by molar-refractivity contribution is 0.572. The van der Waals surface area contributed by atoms with Gasteiger partial charge in [0, 0.05) is 37.8 Å². The fourth-order valence-corrected chi connectivity index (χ4v) is 4.42. The Morgan fingerprint density at radius 2 is 1.75 bits per heavy atom. The van der Waals surface area contributed by atoms with Gasteiger partial charge in [-0.25, -0.2) is 14.5 Å². The van der Waals surface area contributed by atoms with Gasteiger partial charge in [-0.2, -0.15) is 0 Å². The van der Waals surface area contributed by atoms with Crippen LogP contribution < -0.4 is 9.80 Å². The van der Waals surface area contributed by atoms with E-state index in [2.05, 4.69) is 47.7 Å². The van der Waals surface area contributed by atoms with Gasteiger partial charge in [-0.05, 0) is 18.2 Å². The van der Waals surface area contributed by atoms with Crippen LogP contribution in [-0.4, -0.2) is 50.7 Å². The van der Waals surface area contributed by atoms with E-state index in [1.54, 1.807) is 11.3 Å². The first-order chi connectivity index (χ1) is 13.5. The number of rotatable bonds is 2. The van der Waals surface area contributed by atoms with Gasteiger partial charge in [-0.1, -0.05) is 32.1 Å².